The molecule has 1 amide bonds. The second kappa shape index (κ2) is 8.88. The summed E-state index contributed by atoms with van der Waals surface area (Å²) >= 11 is 0. The number of anilines is 1. The van der Waals surface area contributed by atoms with Gasteiger partial charge in [-0.15, -0.1) is 0 Å². The summed E-state index contributed by atoms with van der Waals surface area (Å²) in [7, 11) is 0. The molecule has 1 aliphatic heterocycles. The molecule has 0 bridgehead atoms. The molecule has 6 heteroatoms. The number of nitrogens with zero attached hydrogens (tertiary/aromatic N) is 4. The Hall–Kier alpha value is -2.18. The number of rotatable bonds is 7. The zero-order chi connectivity index (χ0) is 19.3. The lowest BCUT2D eigenvalue weighted by molar-refractivity contribution is -0.117. The number of nitrogens with one attached hydrogen (secondary N) is 1. The van der Waals surface area contributed by atoms with Crippen LogP contribution in [-0.2, 0) is 11.3 Å². The zero-order valence-electron chi connectivity index (χ0n) is 16.8. The van der Waals surface area contributed by atoms with Gasteiger partial charge in [-0.05, 0) is 50.8 Å². The summed E-state index contributed by atoms with van der Waals surface area (Å²) in [4.78, 5) is 17.4. The molecule has 1 saturated heterocycles. The Labute approximate surface area is 167 Å². The summed E-state index contributed by atoms with van der Waals surface area (Å²) in [5.41, 5.74) is 1.35. The molecule has 2 fully saturated rings. The Kier molecular flexibility index (Phi) is 6.07. The number of hydrogen-bond acceptors (Lipinski definition) is 4. The molecule has 28 heavy (non-hydrogen) atoms. The molecule has 1 N–H and O–H groups in total. The van der Waals surface area contributed by atoms with Crippen molar-refractivity contribution in [2.45, 2.75) is 38.8 Å². The van der Waals surface area contributed by atoms with Gasteiger partial charge in [-0.2, -0.15) is 5.10 Å². The Morgan fingerprint density at radius 1 is 1.11 bits per heavy atom. The van der Waals surface area contributed by atoms with Gasteiger partial charge in [0.25, 0.3) is 0 Å². The van der Waals surface area contributed by atoms with Gasteiger partial charge in [0, 0.05) is 25.7 Å². The molecule has 1 aliphatic carbocycles. The van der Waals surface area contributed by atoms with E-state index < -0.39 is 0 Å². The first-order chi connectivity index (χ1) is 13.7. The van der Waals surface area contributed by atoms with Crippen LogP contribution in [0.15, 0.2) is 42.6 Å². The quantitative estimate of drug-likeness (QED) is 0.801. The lowest BCUT2D eigenvalue weighted by Crippen LogP contribution is -2.36. The SMILES string of the molecule is CC(C1CC1)n1nccc1NC(=O)CN1CCCN(Cc2ccccc2)CC1. The van der Waals surface area contributed by atoms with Gasteiger partial charge in [-0.1, -0.05) is 30.3 Å². The van der Waals surface area contributed by atoms with Crippen LogP contribution < -0.4 is 5.32 Å². The van der Waals surface area contributed by atoms with Crippen molar-refractivity contribution in [1.82, 2.24) is 19.6 Å². The molecule has 4 rings (SSSR count). The highest BCUT2D eigenvalue weighted by Gasteiger charge is 2.30. The maximum Gasteiger partial charge on any atom is 0.239 e. The number of hydrogen-bond donors (Lipinski definition) is 1. The molecule has 2 heterocycles. The van der Waals surface area contributed by atoms with Crippen LogP contribution in [0.25, 0.3) is 0 Å². The van der Waals surface area contributed by atoms with Gasteiger partial charge in [0.15, 0.2) is 0 Å². The van der Waals surface area contributed by atoms with Crippen LogP contribution in [-0.4, -0.2) is 58.2 Å². The first kappa shape index (κ1) is 19.2. The number of aromatic nitrogens is 2. The largest absolute Gasteiger partial charge is 0.310 e. The van der Waals surface area contributed by atoms with E-state index in [1.165, 1.54) is 18.4 Å². The summed E-state index contributed by atoms with van der Waals surface area (Å²) in [6, 6.07) is 12.9. The molecule has 2 aromatic rings. The molecule has 1 aromatic heterocycles. The average Bonchev–Trinajstić information content (AvgIpc) is 3.48. The Bertz CT molecular complexity index is 770. The summed E-state index contributed by atoms with van der Waals surface area (Å²) in [5, 5.41) is 7.50. The van der Waals surface area contributed by atoms with E-state index in [2.05, 4.69) is 57.5 Å². The van der Waals surface area contributed by atoms with Gasteiger partial charge in [-0.3, -0.25) is 14.6 Å². The lowest BCUT2D eigenvalue weighted by Gasteiger charge is -2.22. The van der Waals surface area contributed by atoms with Gasteiger partial charge in [0.1, 0.15) is 5.82 Å². The van der Waals surface area contributed by atoms with Crippen LogP contribution in [0, 0.1) is 5.92 Å². The van der Waals surface area contributed by atoms with E-state index in [-0.39, 0.29) is 5.91 Å². The van der Waals surface area contributed by atoms with E-state index in [1.807, 2.05) is 10.7 Å². The van der Waals surface area contributed by atoms with Crippen molar-refractivity contribution in [1.29, 1.82) is 0 Å². The minimum Gasteiger partial charge on any atom is -0.310 e. The molecular weight excluding hydrogens is 350 g/mol. The fourth-order valence-corrected chi connectivity index (χ4v) is 4.08. The Morgan fingerprint density at radius 3 is 2.64 bits per heavy atom. The molecule has 2 aliphatic rings. The highest BCUT2D eigenvalue weighted by atomic mass is 16.2. The molecule has 1 unspecified atom stereocenters. The predicted octanol–water partition coefficient (Wildman–Crippen LogP) is 3.00. The van der Waals surface area contributed by atoms with Crippen molar-refractivity contribution < 1.29 is 4.79 Å². The Morgan fingerprint density at radius 2 is 1.86 bits per heavy atom. The third-order valence-corrected chi connectivity index (χ3v) is 5.93. The first-order valence-corrected chi connectivity index (χ1v) is 10.5. The van der Waals surface area contributed by atoms with E-state index in [0.717, 1.165) is 45.0 Å². The monoisotopic (exact) mass is 381 g/mol. The van der Waals surface area contributed by atoms with E-state index >= 15 is 0 Å². The number of carbonyl (C=O) groups is 1. The van der Waals surface area contributed by atoms with Crippen LogP contribution in [0.5, 0.6) is 0 Å². The minimum absolute atomic E-state index is 0.0567. The van der Waals surface area contributed by atoms with Gasteiger partial charge in [0.2, 0.25) is 5.91 Å². The fraction of sp³-hybridized carbons (Fsp3) is 0.545. The molecule has 1 atom stereocenters. The van der Waals surface area contributed by atoms with E-state index in [1.54, 1.807) is 6.20 Å². The third-order valence-electron chi connectivity index (χ3n) is 5.93. The fourth-order valence-electron chi connectivity index (χ4n) is 4.08. The standard InChI is InChI=1S/C22H31N5O/c1-18(20-8-9-20)27-21(10-11-23-27)24-22(28)17-26-13-5-12-25(14-15-26)16-19-6-3-2-4-7-19/h2-4,6-7,10-11,18,20H,5,8-9,12-17H2,1H3,(H,24,28). The molecular formula is C22H31N5O. The molecule has 6 nitrogen and oxygen atoms in total. The van der Waals surface area contributed by atoms with Gasteiger partial charge in [-0.25, -0.2) is 4.68 Å². The smallest absolute Gasteiger partial charge is 0.239 e. The van der Waals surface area contributed by atoms with Crippen LogP contribution >= 0.6 is 0 Å². The molecule has 150 valence electrons. The van der Waals surface area contributed by atoms with Gasteiger partial charge >= 0.3 is 0 Å². The molecule has 0 radical (unpaired) electrons. The van der Waals surface area contributed by atoms with Crippen molar-refractivity contribution in [2.24, 2.45) is 5.92 Å². The second-order valence-corrected chi connectivity index (χ2v) is 8.18. The summed E-state index contributed by atoms with van der Waals surface area (Å²) in [6.45, 7) is 7.60. The first-order valence-electron chi connectivity index (χ1n) is 10.5. The van der Waals surface area contributed by atoms with Crippen LogP contribution in [0.2, 0.25) is 0 Å². The second-order valence-electron chi connectivity index (χ2n) is 8.18. The van der Waals surface area contributed by atoms with Gasteiger partial charge < -0.3 is 5.32 Å². The van der Waals surface area contributed by atoms with Crippen LogP contribution in [0.3, 0.4) is 0 Å². The van der Waals surface area contributed by atoms with E-state index in [4.69, 9.17) is 0 Å². The minimum atomic E-state index is 0.0567. The van der Waals surface area contributed by atoms with E-state index in [9.17, 15) is 4.79 Å². The Balaban J connectivity index is 1.26. The highest BCUT2D eigenvalue weighted by molar-refractivity contribution is 5.91. The normalized spacial score (nSPS) is 19.9. The van der Waals surface area contributed by atoms with Crippen molar-refractivity contribution in [3.05, 3.63) is 48.2 Å². The lowest BCUT2D eigenvalue weighted by atomic mass is 10.2. The summed E-state index contributed by atoms with van der Waals surface area (Å²) in [5.74, 6) is 1.59. The maximum absolute atomic E-state index is 12.6. The van der Waals surface area contributed by atoms with Crippen LogP contribution in [0.1, 0.15) is 37.8 Å². The predicted molar refractivity (Wildman–Crippen MR) is 111 cm³/mol. The topological polar surface area (TPSA) is 53.4 Å². The summed E-state index contributed by atoms with van der Waals surface area (Å²) < 4.78 is 1.97. The van der Waals surface area contributed by atoms with Crippen molar-refractivity contribution in [3.63, 3.8) is 0 Å². The van der Waals surface area contributed by atoms with Crippen molar-refractivity contribution in [3.8, 4) is 0 Å². The number of amides is 1. The maximum atomic E-state index is 12.6. The zero-order valence-corrected chi connectivity index (χ0v) is 16.8. The van der Waals surface area contributed by atoms with E-state index in [0.29, 0.717) is 18.5 Å². The molecule has 1 aromatic carbocycles. The van der Waals surface area contributed by atoms with Crippen molar-refractivity contribution >= 4 is 11.7 Å². The highest BCUT2D eigenvalue weighted by Crippen LogP contribution is 2.40. The third kappa shape index (κ3) is 5.00. The van der Waals surface area contributed by atoms with Crippen LogP contribution in [0.4, 0.5) is 5.82 Å². The summed E-state index contributed by atoms with van der Waals surface area (Å²) in [6.07, 6.45) is 5.40. The van der Waals surface area contributed by atoms with Gasteiger partial charge in [0.05, 0.1) is 18.8 Å². The molecule has 1 saturated carbocycles. The number of benzene rings is 1. The number of carbonyl (C=O) groups excluding carboxylic acids is 1. The average molecular weight is 382 g/mol. The molecule has 0 spiro atoms. The van der Waals surface area contributed by atoms with Crippen molar-refractivity contribution in [2.75, 3.05) is 38.0 Å².